The summed E-state index contributed by atoms with van der Waals surface area (Å²) < 4.78 is 41.9. The zero-order chi connectivity index (χ0) is 25.0. The molecule has 0 spiro atoms. The highest BCUT2D eigenvalue weighted by molar-refractivity contribution is 7.89. The number of methoxy groups -OCH3 is 1. The van der Waals surface area contributed by atoms with Crippen molar-refractivity contribution in [1.29, 1.82) is 0 Å². The second kappa shape index (κ2) is 14.5. The van der Waals surface area contributed by atoms with E-state index in [1.54, 1.807) is 0 Å². The van der Waals surface area contributed by atoms with E-state index in [0.29, 0.717) is 19.8 Å². The van der Waals surface area contributed by atoms with Gasteiger partial charge in [-0.3, -0.25) is 19.9 Å². The van der Waals surface area contributed by atoms with Crippen LogP contribution in [-0.2, 0) is 19.5 Å². The first-order valence-electron chi connectivity index (χ1n) is 11.3. The number of nitrogens with one attached hydrogen (secondary N) is 1. The molecule has 34 heavy (non-hydrogen) atoms. The number of nitro benzene ring substituents is 1. The number of nitro groups is 1. The Bertz CT molecular complexity index is 859. The first kappa shape index (κ1) is 28.4. The van der Waals surface area contributed by atoms with E-state index in [4.69, 9.17) is 14.2 Å². The van der Waals surface area contributed by atoms with Crippen LogP contribution in [0.15, 0.2) is 23.1 Å². The maximum absolute atomic E-state index is 12.7. The lowest BCUT2D eigenvalue weighted by atomic mass is 10.3. The largest absolute Gasteiger partial charge is 0.496 e. The fourth-order valence-corrected chi connectivity index (χ4v) is 4.65. The molecule has 0 aliphatic carbocycles. The van der Waals surface area contributed by atoms with Crippen LogP contribution >= 0.6 is 0 Å². The van der Waals surface area contributed by atoms with E-state index >= 15 is 0 Å². The molecule has 13 heteroatoms. The maximum Gasteiger partial charge on any atom is 0.274 e. The highest BCUT2D eigenvalue weighted by atomic mass is 32.2. The minimum Gasteiger partial charge on any atom is -0.496 e. The van der Waals surface area contributed by atoms with Crippen LogP contribution in [0.4, 0.5) is 5.69 Å². The van der Waals surface area contributed by atoms with Crippen LogP contribution in [0.5, 0.6) is 5.75 Å². The normalized spacial score (nSPS) is 17.8. The lowest BCUT2D eigenvalue weighted by Gasteiger charge is -2.28. The van der Waals surface area contributed by atoms with Crippen molar-refractivity contribution < 1.29 is 27.6 Å². The van der Waals surface area contributed by atoms with Gasteiger partial charge in [0.15, 0.2) is 0 Å². The Balaban J connectivity index is 0.000000340. The molecule has 1 aromatic rings. The number of morpholine rings is 2. The Hall–Kier alpha value is -1.87. The van der Waals surface area contributed by atoms with Gasteiger partial charge in [-0.1, -0.05) is 0 Å². The van der Waals surface area contributed by atoms with Gasteiger partial charge in [0.25, 0.3) is 5.69 Å². The van der Waals surface area contributed by atoms with Gasteiger partial charge in [0, 0.05) is 71.5 Å². The van der Waals surface area contributed by atoms with Gasteiger partial charge in [-0.2, -0.15) is 4.31 Å². The number of benzene rings is 1. The number of ether oxygens (including phenoxy) is 3. The van der Waals surface area contributed by atoms with Gasteiger partial charge in [-0.25, -0.2) is 8.42 Å². The molecule has 0 aromatic heterocycles. The predicted octanol–water partition coefficient (Wildman–Crippen LogP) is 0.0941. The second-order valence-corrected chi connectivity index (χ2v) is 10.0. The third kappa shape index (κ3) is 9.06. The molecule has 0 saturated carbocycles. The summed E-state index contributed by atoms with van der Waals surface area (Å²) in [4.78, 5) is 14.7. The first-order valence-corrected chi connectivity index (χ1v) is 12.8. The summed E-state index contributed by atoms with van der Waals surface area (Å²) >= 11 is 0. The summed E-state index contributed by atoms with van der Waals surface area (Å²) in [5.41, 5.74) is -0.325. The van der Waals surface area contributed by atoms with Crippen molar-refractivity contribution in [1.82, 2.24) is 19.4 Å². The minimum absolute atomic E-state index is 0.129. The number of rotatable bonds is 10. The average molecular weight is 504 g/mol. The van der Waals surface area contributed by atoms with E-state index in [-0.39, 0.29) is 22.9 Å². The van der Waals surface area contributed by atoms with Crippen molar-refractivity contribution in [3.63, 3.8) is 0 Å². The lowest BCUT2D eigenvalue weighted by molar-refractivity contribution is -0.385. The van der Waals surface area contributed by atoms with Crippen molar-refractivity contribution in [3.8, 4) is 5.75 Å². The summed E-state index contributed by atoms with van der Waals surface area (Å²) in [5.74, 6) is 0.129. The number of likely N-dealkylation sites (N-methyl/N-ethyl adjacent to an activating group) is 2. The van der Waals surface area contributed by atoms with Crippen LogP contribution < -0.4 is 10.1 Å². The number of sulfonamides is 1. The third-order valence-corrected chi connectivity index (χ3v) is 7.47. The summed E-state index contributed by atoms with van der Waals surface area (Å²) in [6, 6.07) is 3.52. The molecule has 2 saturated heterocycles. The Kier molecular flexibility index (Phi) is 12.1. The molecule has 3 rings (SSSR count). The number of hydrogen-bond donors (Lipinski definition) is 1. The standard InChI is InChI=1S/C14H21N3O6S.C7H16N2O/c1-15(3-4-16-5-7-23-8-6-16)24(20,21)14-10-12(17(18)19)9-13(11-14)22-2;1-8-2-3-9-4-6-10-7-5-9/h9-11H,3-8H2,1-2H3;8H,2-7H2,1H3. The molecule has 0 atom stereocenters. The molecule has 1 aromatic carbocycles. The monoisotopic (exact) mass is 503 g/mol. The SMILES string of the molecule is CNCCN1CCOCC1.COc1cc([N+](=O)[O-])cc(S(=O)(=O)N(C)CCN2CCOCC2)c1. The fourth-order valence-electron chi connectivity index (χ4n) is 3.43. The van der Waals surface area contributed by atoms with Crippen molar-refractivity contribution in [2.24, 2.45) is 0 Å². The summed E-state index contributed by atoms with van der Waals surface area (Å²) in [7, 11) is 0.939. The van der Waals surface area contributed by atoms with Gasteiger partial charge in [-0.05, 0) is 7.05 Å². The molecule has 2 heterocycles. The van der Waals surface area contributed by atoms with Crippen LogP contribution in [0.3, 0.4) is 0 Å². The topological polar surface area (TPSA) is 127 Å². The number of nitrogens with zero attached hydrogens (tertiary/aromatic N) is 4. The minimum atomic E-state index is -3.84. The van der Waals surface area contributed by atoms with Crippen molar-refractivity contribution in [2.45, 2.75) is 4.90 Å². The molecule has 1 N–H and O–H groups in total. The van der Waals surface area contributed by atoms with Gasteiger partial charge in [0.2, 0.25) is 10.0 Å². The Morgan fingerprint density at radius 3 is 2.12 bits per heavy atom. The van der Waals surface area contributed by atoms with E-state index in [1.807, 2.05) is 7.05 Å². The second-order valence-electron chi connectivity index (χ2n) is 7.96. The highest BCUT2D eigenvalue weighted by Crippen LogP contribution is 2.27. The molecule has 2 aliphatic heterocycles. The van der Waals surface area contributed by atoms with E-state index in [2.05, 4.69) is 15.1 Å². The Labute approximate surface area is 201 Å². The van der Waals surface area contributed by atoms with Crippen LogP contribution in [-0.4, -0.2) is 127 Å². The number of non-ortho nitro benzene ring substituents is 1. The van der Waals surface area contributed by atoms with Gasteiger partial charge in [0.05, 0.1) is 49.4 Å². The molecule has 0 amide bonds. The molecule has 0 unspecified atom stereocenters. The highest BCUT2D eigenvalue weighted by Gasteiger charge is 2.25. The van der Waals surface area contributed by atoms with Crippen molar-refractivity contribution in [2.75, 3.05) is 100.0 Å². The van der Waals surface area contributed by atoms with Gasteiger partial charge >= 0.3 is 0 Å². The predicted molar refractivity (Wildman–Crippen MR) is 128 cm³/mol. The third-order valence-electron chi connectivity index (χ3n) is 5.64. The van der Waals surface area contributed by atoms with E-state index in [9.17, 15) is 18.5 Å². The molecule has 12 nitrogen and oxygen atoms in total. The lowest BCUT2D eigenvalue weighted by Crippen LogP contribution is -2.41. The molecular weight excluding hydrogens is 466 g/mol. The quantitative estimate of drug-likeness (QED) is 0.347. The van der Waals surface area contributed by atoms with E-state index in [1.165, 1.54) is 30.6 Å². The van der Waals surface area contributed by atoms with Crippen molar-refractivity contribution >= 4 is 15.7 Å². The van der Waals surface area contributed by atoms with Crippen LogP contribution in [0.25, 0.3) is 0 Å². The average Bonchev–Trinajstić information content (AvgIpc) is 2.87. The number of hydrogen-bond acceptors (Lipinski definition) is 10. The summed E-state index contributed by atoms with van der Waals surface area (Å²) in [6.45, 7) is 9.91. The summed E-state index contributed by atoms with van der Waals surface area (Å²) in [6.07, 6.45) is 0. The zero-order valence-electron chi connectivity index (χ0n) is 20.3. The molecule has 2 fully saturated rings. The molecule has 0 radical (unpaired) electrons. The van der Waals surface area contributed by atoms with Crippen LogP contribution in [0.1, 0.15) is 0 Å². The summed E-state index contributed by atoms with van der Waals surface area (Å²) in [5, 5.41) is 14.1. The molecule has 2 aliphatic rings. The van der Waals surface area contributed by atoms with Crippen LogP contribution in [0.2, 0.25) is 0 Å². The van der Waals surface area contributed by atoms with Gasteiger partial charge in [-0.15, -0.1) is 0 Å². The van der Waals surface area contributed by atoms with Gasteiger partial charge < -0.3 is 19.5 Å². The molecule has 0 bridgehead atoms. The van der Waals surface area contributed by atoms with Crippen LogP contribution in [0, 0.1) is 10.1 Å². The molecule has 194 valence electrons. The van der Waals surface area contributed by atoms with Gasteiger partial charge in [0.1, 0.15) is 5.75 Å². The first-order chi connectivity index (χ1) is 16.3. The Morgan fingerprint density at radius 1 is 1.06 bits per heavy atom. The zero-order valence-corrected chi connectivity index (χ0v) is 21.1. The fraction of sp³-hybridized carbons (Fsp3) is 0.714. The maximum atomic E-state index is 12.7. The van der Waals surface area contributed by atoms with E-state index < -0.39 is 14.9 Å². The van der Waals surface area contributed by atoms with Crippen molar-refractivity contribution in [3.05, 3.63) is 28.3 Å². The Morgan fingerprint density at radius 2 is 1.62 bits per heavy atom. The van der Waals surface area contributed by atoms with E-state index in [0.717, 1.165) is 58.5 Å². The smallest absolute Gasteiger partial charge is 0.274 e. The molecular formula is C21H37N5O7S.